The Labute approximate surface area is 161 Å². The zero-order chi connectivity index (χ0) is 18.5. The monoisotopic (exact) mass is 363 g/mol. The number of ether oxygens (including phenoxy) is 1. The number of hydrogen-bond acceptors (Lipinski definition) is 3. The highest BCUT2D eigenvalue weighted by atomic mass is 16.5. The molecule has 0 unspecified atom stereocenters. The fourth-order valence-corrected chi connectivity index (χ4v) is 4.04. The summed E-state index contributed by atoms with van der Waals surface area (Å²) in [7, 11) is 1.72. The molecule has 2 heterocycles. The van der Waals surface area contributed by atoms with Gasteiger partial charge in [-0.1, -0.05) is 30.3 Å². The number of fused-ring (bicyclic) bond motifs is 1. The maximum atomic E-state index is 5.36. The average Bonchev–Trinajstić information content (AvgIpc) is 3.12. The maximum absolute atomic E-state index is 5.36. The number of rotatable bonds is 7. The number of likely N-dealkylation sites (tertiary alicyclic amines) is 1. The molecule has 1 fully saturated rings. The summed E-state index contributed by atoms with van der Waals surface area (Å²) in [5, 5.41) is 5.04. The highest BCUT2D eigenvalue weighted by molar-refractivity contribution is 5.84. The molecule has 0 amide bonds. The normalized spacial score (nSPS) is 16.0. The van der Waals surface area contributed by atoms with Crippen LogP contribution in [-0.2, 0) is 13.0 Å². The van der Waals surface area contributed by atoms with Crippen molar-refractivity contribution in [1.82, 2.24) is 15.2 Å². The van der Waals surface area contributed by atoms with Crippen molar-refractivity contribution in [2.45, 2.75) is 31.8 Å². The predicted octanol–water partition coefficient (Wildman–Crippen LogP) is 3.97. The fourth-order valence-electron chi connectivity index (χ4n) is 4.04. The summed E-state index contributed by atoms with van der Waals surface area (Å²) in [5.41, 5.74) is 3.96. The molecule has 0 aliphatic carbocycles. The molecule has 1 saturated heterocycles. The molecule has 1 aliphatic heterocycles. The van der Waals surface area contributed by atoms with E-state index in [0.29, 0.717) is 6.04 Å². The van der Waals surface area contributed by atoms with Gasteiger partial charge in [0.2, 0.25) is 0 Å². The van der Waals surface area contributed by atoms with E-state index in [4.69, 9.17) is 4.74 Å². The van der Waals surface area contributed by atoms with Gasteiger partial charge in [0, 0.05) is 29.7 Å². The van der Waals surface area contributed by atoms with Gasteiger partial charge in [-0.25, -0.2) is 0 Å². The third kappa shape index (κ3) is 4.52. The Morgan fingerprint density at radius 2 is 1.93 bits per heavy atom. The van der Waals surface area contributed by atoms with Crippen molar-refractivity contribution in [3.05, 3.63) is 65.9 Å². The van der Waals surface area contributed by atoms with Crippen molar-refractivity contribution >= 4 is 10.9 Å². The Morgan fingerprint density at radius 3 is 2.70 bits per heavy atom. The topological polar surface area (TPSA) is 40.3 Å². The molecule has 0 spiro atoms. The van der Waals surface area contributed by atoms with E-state index in [1.54, 1.807) is 7.11 Å². The van der Waals surface area contributed by atoms with Gasteiger partial charge in [0.15, 0.2) is 0 Å². The average molecular weight is 364 g/mol. The van der Waals surface area contributed by atoms with Crippen LogP contribution in [0.1, 0.15) is 24.0 Å². The number of methoxy groups -OCH3 is 1. The lowest BCUT2D eigenvalue weighted by Crippen LogP contribution is -2.42. The molecular formula is C23H29N3O. The summed E-state index contributed by atoms with van der Waals surface area (Å²) < 4.78 is 5.36. The van der Waals surface area contributed by atoms with Crippen molar-refractivity contribution in [2.75, 3.05) is 26.7 Å². The van der Waals surface area contributed by atoms with E-state index in [0.717, 1.165) is 25.3 Å². The van der Waals surface area contributed by atoms with Crippen LogP contribution in [0.5, 0.6) is 5.75 Å². The van der Waals surface area contributed by atoms with Gasteiger partial charge in [-0.3, -0.25) is 4.90 Å². The number of piperidine rings is 1. The molecule has 2 N–H and O–H groups in total. The molecule has 1 aromatic heterocycles. The summed E-state index contributed by atoms with van der Waals surface area (Å²) in [4.78, 5) is 5.94. The maximum Gasteiger partial charge on any atom is 0.119 e. The summed E-state index contributed by atoms with van der Waals surface area (Å²) in [6.45, 7) is 4.45. The van der Waals surface area contributed by atoms with Crippen LogP contribution >= 0.6 is 0 Å². The van der Waals surface area contributed by atoms with Crippen LogP contribution in [0.15, 0.2) is 54.7 Å². The van der Waals surface area contributed by atoms with E-state index < -0.39 is 0 Å². The second-order valence-corrected chi connectivity index (χ2v) is 7.47. The fraction of sp³-hybridized carbons (Fsp3) is 0.391. The first-order valence-electron chi connectivity index (χ1n) is 9.95. The van der Waals surface area contributed by atoms with E-state index in [1.165, 1.54) is 48.0 Å². The molecular weight excluding hydrogens is 334 g/mol. The molecule has 1 aliphatic rings. The minimum atomic E-state index is 0.636. The largest absolute Gasteiger partial charge is 0.497 e. The van der Waals surface area contributed by atoms with Crippen LogP contribution in [0.4, 0.5) is 0 Å². The summed E-state index contributed by atoms with van der Waals surface area (Å²) in [5.74, 6) is 0.919. The minimum Gasteiger partial charge on any atom is -0.497 e. The lowest BCUT2D eigenvalue weighted by molar-refractivity contribution is 0.191. The quantitative estimate of drug-likeness (QED) is 0.667. The van der Waals surface area contributed by atoms with Gasteiger partial charge in [0.05, 0.1) is 7.11 Å². The Hall–Kier alpha value is -2.30. The Kier molecular flexibility index (Phi) is 5.75. The smallest absolute Gasteiger partial charge is 0.119 e. The van der Waals surface area contributed by atoms with Crippen molar-refractivity contribution in [1.29, 1.82) is 0 Å². The van der Waals surface area contributed by atoms with E-state index in [1.807, 2.05) is 6.07 Å². The number of aromatic nitrogens is 1. The molecule has 4 heteroatoms. The molecule has 0 saturated carbocycles. The Balaban J connectivity index is 1.24. The number of hydrogen-bond donors (Lipinski definition) is 2. The van der Waals surface area contributed by atoms with E-state index in [9.17, 15) is 0 Å². The predicted molar refractivity (Wildman–Crippen MR) is 111 cm³/mol. The molecule has 2 aromatic carbocycles. The molecule has 27 heavy (non-hydrogen) atoms. The SMILES string of the molecule is COc1ccc2[nH]cc(CCNC3CCN(Cc4ccccc4)CC3)c2c1. The Bertz CT molecular complexity index is 850. The lowest BCUT2D eigenvalue weighted by atomic mass is 10.0. The molecule has 3 aromatic rings. The number of nitrogens with one attached hydrogen (secondary N) is 2. The minimum absolute atomic E-state index is 0.636. The van der Waals surface area contributed by atoms with Crippen molar-refractivity contribution < 1.29 is 4.74 Å². The molecule has 0 atom stereocenters. The third-order valence-electron chi connectivity index (χ3n) is 5.64. The summed E-state index contributed by atoms with van der Waals surface area (Å²) >= 11 is 0. The molecule has 0 bridgehead atoms. The van der Waals surface area contributed by atoms with Gasteiger partial charge in [0.1, 0.15) is 5.75 Å². The van der Waals surface area contributed by atoms with E-state index in [2.05, 4.69) is 63.9 Å². The first-order valence-corrected chi connectivity index (χ1v) is 9.95. The van der Waals surface area contributed by atoms with Gasteiger partial charge in [0.25, 0.3) is 0 Å². The molecule has 4 nitrogen and oxygen atoms in total. The number of H-pyrrole nitrogens is 1. The van der Waals surface area contributed by atoms with Crippen molar-refractivity contribution in [2.24, 2.45) is 0 Å². The van der Waals surface area contributed by atoms with Gasteiger partial charge in [-0.15, -0.1) is 0 Å². The van der Waals surface area contributed by atoms with Gasteiger partial charge in [-0.05, 0) is 68.2 Å². The van der Waals surface area contributed by atoms with Crippen molar-refractivity contribution in [3.8, 4) is 5.75 Å². The standard InChI is InChI=1S/C23H29N3O/c1-27-21-7-8-23-22(15-21)19(16-25-23)9-12-24-20-10-13-26(14-11-20)17-18-5-3-2-4-6-18/h2-8,15-16,20,24-25H,9-14,17H2,1H3. The van der Waals surface area contributed by atoms with Crippen LogP contribution in [0.3, 0.4) is 0 Å². The van der Waals surface area contributed by atoms with E-state index >= 15 is 0 Å². The van der Waals surface area contributed by atoms with Crippen molar-refractivity contribution in [3.63, 3.8) is 0 Å². The molecule has 142 valence electrons. The van der Waals surface area contributed by atoms with Crippen LogP contribution in [0.25, 0.3) is 10.9 Å². The zero-order valence-corrected chi connectivity index (χ0v) is 16.1. The van der Waals surface area contributed by atoms with Crippen LogP contribution in [-0.4, -0.2) is 42.7 Å². The highest BCUT2D eigenvalue weighted by Crippen LogP contribution is 2.24. The lowest BCUT2D eigenvalue weighted by Gasteiger charge is -2.32. The third-order valence-corrected chi connectivity index (χ3v) is 5.64. The van der Waals surface area contributed by atoms with E-state index in [-0.39, 0.29) is 0 Å². The first-order chi connectivity index (χ1) is 13.3. The van der Waals surface area contributed by atoms with Gasteiger partial charge < -0.3 is 15.0 Å². The summed E-state index contributed by atoms with van der Waals surface area (Å²) in [6.07, 6.45) is 5.63. The van der Waals surface area contributed by atoms with Crippen LogP contribution < -0.4 is 10.1 Å². The Morgan fingerprint density at radius 1 is 1.11 bits per heavy atom. The highest BCUT2D eigenvalue weighted by Gasteiger charge is 2.18. The number of aromatic amines is 1. The van der Waals surface area contributed by atoms with Gasteiger partial charge >= 0.3 is 0 Å². The van der Waals surface area contributed by atoms with Crippen LogP contribution in [0.2, 0.25) is 0 Å². The second kappa shape index (κ2) is 8.59. The van der Waals surface area contributed by atoms with Crippen LogP contribution in [0, 0.1) is 0 Å². The van der Waals surface area contributed by atoms with Gasteiger partial charge in [-0.2, -0.15) is 0 Å². The zero-order valence-electron chi connectivity index (χ0n) is 16.1. The first kappa shape index (κ1) is 18.1. The summed E-state index contributed by atoms with van der Waals surface area (Å²) in [6, 6.07) is 17.6. The second-order valence-electron chi connectivity index (χ2n) is 7.47. The number of nitrogens with zero attached hydrogens (tertiary/aromatic N) is 1. The molecule has 4 rings (SSSR count). The number of benzene rings is 2. The molecule has 0 radical (unpaired) electrons.